The molecule has 2 rings (SSSR count). The fourth-order valence-corrected chi connectivity index (χ4v) is 1.68. The van der Waals surface area contributed by atoms with E-state index in [1.165, 1.54) is 0 Å². The average molecular weight is 196 g/mol. The van der Waals surface area contributed by atoms with Crippen LogP contribution in [0.5, 0.6) is 0 Å². The first-order valence-corrected chi connectivity index (χ1v) is 4.47. The van der Waals surface area contributed by atoms with Gasteiger partial charge in [0.25, 0.3) is 0 Å². The van der Waals surface area contributed by atoms with Gasteiger partial charge in [-0.1, -0.05) is 17.7 Å². The number of rotatable bonds is 2. The highest BCUT2D eigenvalue weighted by atomic mass is 35.5. The van der Waals surface area contributed by atoms with E-state index in [-0.39, 0.29) is 0 Å². The first-order valence-electron chi connectivity index (χ1n) is 4.09. The Balaban J connectivity index is 2.64. The van der Waals surface area contributed by atoms with Crippen molar-refractivity contribution in [3.63, 3.8) is 0 Å². The normalized spacial score (nSPS) is 10.9. The average Bonchev–Trinajstić information content (AvgIpc) is 2.51. The smallest absolute Gasteiger partial charge is 0.0939 e. The summed E-state index contributed by atoms with van der Waals surface area (Å²) in [4.78, 5) is 0. The predicted octanol–water partition coefficient (Wildman–Crippen LogP) is 1.94. The van der Waals surface area contributed by atoms with Crippen molar-refractivity contribution < 1.29 is 0 Å². The Bertz CT molecular complexity index is 422. The summed E-state index contributed by atoms with van der Waals surface area (Å²) in [5.41, 5.74) is 1.95. The van der Waals surface area contributed by atoms with Crippen LogP contribution in [0.2, 0.25) is 5.02 Å². The third-order valence-electron chi connectivity index (χ3n) is 1.96. The summed E-state index contributed by atoms with van der Waals surface area (Å²) in [6.07, 6.45) is 0. The number of fused-ring (bicyclic) bond motifs is 1. The Morgan fingerprint density at radius 1 is 1.54 bits per heavy atom. The molecule has 0 atom stereocenters. The molecule has 2 aromatic rings. The zero-order valence-corrected chi connectivity index (χ0v) is 8.02. The minimum Gasteiger partial charge on any atom is -0.314 e. The number of benzene rings is 1. The van der Waals surface area contributed by atoms with Crippen molar-refractivity contribution in [3.05, 3.63) is 28.9 Å². The molecule has 13 heavy (non-hydrogen) atoms. The molecule has 3 nitrogen and oxygen atoms in total. The van der Waals surface area contributed by atoms with Crippen LogP contribution in [0, 0.1) is 0 Å². The molecule has 0 aliphatic heterocycles. The van der Waals surface area contributed by atoms with Crippen LogP contribution in [0.1, 0.15) is 5.69 Å². The first kappa shape index (κ1) is 8.53. The summed E-state index contributed by atoms with van der Waals surface area (Å²) in [6.45, 7) is 0.750. The molecule has 2 N–H and O–H groups in total. The van der Waals surface area contributed by atoms with Gasteiger partial charge in [0.2, 0.25) is 0 Å². The summed E-state index contributed by atoms with van der Waals surface area (Å²) in [6, 6.07) is 5.71. The molecule has 0 bridgehead atoms. The second-order valence-electron chi connectivity index (χ2n) is 2.87. The summed E-state index contributed by atoms with van der Waals surface area (Å²) >= 11 is 6.05. The van der Waals surface area contributed by atoms with Crippen LogP contribution >= 0.6 is 11.6 Å². The Kier molecular flexibility index (Phi) is 2.20. The number of aromatic amines is 1. The molecule has 1 aromatic carbocycles. The van der Waals surface area contributed by atoms with E-state index in [4.69, 9.17) is 11.6 Å². The topological polar surface area (TPSA) is 40.7 Å². The zero-order chi connectivity index (χ0) is 9.26. The van der Waals surface area contributed by atoms with Gasteiger partial charge in [-0.15, -0.1) is 0 Å². The van der Waals surface area contributed by atoms with Gasteiger partial charge >= 0.3 is 0 Å². The minimum absolute atomic E-state index is 0.747. The van der Waals surface area contributed by atoms with Crippen LogP contribution in [0.4, 0.5) is 0 Å². The maximum atomic E-state index is 6.05. The molecule has 0 saturated heterocycles. The lowest BCUT2D eigenvalue weighted by atomic mass is 10.2. The van der Waals surface area contributed by atoms with E-state index >= 15 is 0 Å². The lowest BCUT2D eigenvalue weighted by Gasteiger charge is -1.97. The molecule has 0 amide bonds. The van der Waals surface area contributed by atoms with Gasteiger partial charge in [0.15, 0.2) is 0 Å². The quantitative estimate of drug-likeness (QED) is 0.769. The lowest BCUT2D eigenvalue weighted by molar-refractivity contribution is 0.789. The van der Waals surface area contributed by atoms with Crippen molar-refractivity contribution in [3.8, 4) is 0 Å². The van der Waals surface area contributed by atoms with Gasteiger partial charge in [0.05, 0.1) is 16.2 Å². The molecule has 0 saturated carbocycles. The fraction of sp³-hybridized carbons (Fsp3) is 0.222. The molecule has 1 heterocycles. The molecule has 0 fully saturated rings. The third kappa shape index (κ3) is 1.41. The molecule has 68 valence electrons. The Morgan fingerprint density at radius 3 is 3.15 bits per heavy atom. The molecule has 0 spiro atoms. The molecule has 0 radical (unpaired) electrons. The molecule has 0 aliphatic carbocycles. The number of hydrogen-bond acceptors (Lipinski definition) is 2. The highest BCUT2D eigenvalue weighted by Crippen LogP contribution is 2.24. The van der Waals surface area contributed by atoms with Gasteiger partial charge in [0, 0.05) is 11.9 Å². The largest absolute Gasteiger partial charge is 0.314 e. The molecule has 0 unspecified atom stereocenters. The summed E-state index contributed by atoms with van der Waals surface area (Å²) in [5, 5.41) is 11.9. The van der Waals surface area contributed by atoms with Gasteiger partial charge in [-0.25, -0.2) is 0 Å². The van der Waals surface area contributed by atoms with Gasteiger partial charge in [-0.05, 0) is 19.2 Å². The van der Waals surface area contributed by atoms with Crippen molar-refractivity contribution >= 4 is 22.5 Å². The first-order chi connectivity index (χ1) is 6.33. The highest BCUT2D eigenvalue weighted by Gasteiger charge is 2.06. The molecule has 0 aliphatic rings. The maximum absolute atomic E-state index is 6.05. The minimum atomic E-state index is 0.747. The van der Waals surface area contributed by atoms with Crippen LogP contribution in [-0.2, 0) is 6.54 Å². The predicted molar refractivity (Wildman–Crippen MR) is 53.9 cm³/mol. The zero-order valence-electron chi connectivity index (χ0n) is 7.26. The standard InChI is InChI=1S/C9H10ClN3/c1-11-5-8-9-6(10)3-2-4-7(9)12-13-8/h2-4,11H,5H2,1H3,(H,12,13). The molecule has 4 heteroatoms. The number of nitrogens with zero attached hydrogens (tertiary/aromatic N) is 1. The van der Waals surface area contributed by atoms with E-state index in [2.05, 4.69) is 15.5 Å². The number of nitrogens with one attached hydrogen (secondary N) is 2. The number of H-pyrrole nitrogens is 1. The number of hydrogen-bond donors (Lipinski definition) is 2. The number of halogens is 1. The van der Waals surface area contributed by atoms with Gasteiger partial charge in [-0.2, -0.15) is 5.10 Å². The van der Waals surface area contributed by atoms with Gasteiger partial charge < -0.3 is 5.32 Å². The van der Waals surface area contributed by atoms with Crippen LogP contribution in [-0.4, -0.2) is 17.2 Å². The second kappa shape index (κ2) is 3.36. The van der Waals surface area contributed by atoms with Crippen LogP contribution in [0.15, 0.2) is 18.2 Å². The Hall–Kier alpha value is -1.06. The van der Waals surface area contributed by atoms with E-state index in [1.807, 2.05) is 25.2 Å². The monoisotopic (exact) mass is 195 g/mol. The van der Waals surface area contributed by atoms with E-state index in [0.29, 0.717) is 0 Å². The van der Waals surface area contributed by atoms with Crippen molar-refractivity contribution in [2.75, 3.05) is 7.05 Å². The van der Waals surface area contributed by atoms with Crippen molar-refractivity contribution in [1.82, 2.24) is 15.5 Å². The summed E-state index contributed by atoms with van der Waals surface area (Å²) in [5.74, 6) is 0. The van der Waals surface area contributed by atoms with Crippen molar-refractivity contribution in [2.45, 2.75) is 6.54 Å². The van der Waals surface area contributed by atoms with Crippen LogP contribution in [0.3, 0.4) is 0 Å². The fourth-order valence-electron chi connectivity index (χ4n) is 1.39. The molecular weight excluding hydrogens is 186 g/mol. The van der Waals surface area contributed by atoms with Gasteiger partial charge in [-0.3, -0.25) is 5.10 Å². The molecular formula is C9H10ClN3. The summed E-state index contributed by atoms with van der Waals surface area (Å²) in [7, 11) is 1.89. The van der Waals surface area contributed by atoms with Gasteiger partial charge in [0.1, 0.15) is 0 Å². The highest BCUT2D eigenvalue weighted by molar-refractivity contribution is 6.35. The maximum Gasteiger partial charge on any atom is 0.0939 e. The van der Waals surface area contributed by atoms with Crippen molar-refractivity contribution in [1.29, 1.82) is 0 Å². The van der Waals surface area contributed by atoms with Crippen molar-refractivity contribution in [2.24, 2.45) is 0 Å². The third-order valence-corrected chi connectivity index (χ3v) is 2.27. The second-order valence-corrected chi connectivity index (χ2v) is 3.27. The Labute approximate surface area is 81.1 Å². The van der Waals surface area contributed by atoms with Crippen LogP contribution < -0.4 is 5.32 Å². The van der Waals surface area contributed by atoms with E-state index in [1.54, 1.807) is 0 Å². The van der Waals surface area contributed by atoms with Crippen LogP contribution in [0.25, 0.3) is 10.9 Å². The summed E-state index contributed by atoms with van der Waals surface area (Å²) < 4.78 is 0. The van der Waals surface area contributed by atoms with E-state index in [9.17, 15) is 0 Å². The van der Waals surface area contributed by atoms with E-state index in [0.717, 1.165) is 28.2 Å². The lowest BCUT2D eigenvalue weighted by Crippen LogP contribution is -2.05. The van der Waals surface area contributed by atoms with E-state index < -0.39 is 0 Å². The molecule has 1 aromatic heterocycles. The SMILES string of the molecule is CNCc1[nH]nc2cccc(Cl)c12. The Morgan fingerprint density at radius 2 is 2.38 bits per heavy atom. The number of aromatic nitrogens is 2.